The number of aliphatic hydroxyl groups excluding tert-OH is 1. The Bertz CT molecular complexity index is 413. The highest BCUT2D eigenvalue weighted by Crippen LogP contribution is 2.21. The van der Waals surface area contributed by atoms with Crippen LogP contribution in [0.2, 0.25) is 0 Å². The Morgan fingerprint density at radius 1 is 1.52 bits per heavy atom. The summed E-state index contributed by atoms with van der Waals surface area (Å²) in [6.07, 6.45) is 4.06. The summed E-state index contributed by atoms with van der Waals surface area (Å²) >= 11 is 1.66. The van der Waals surface area contributed by atoms with Crippen LogP contribution in [-0.4, -0.2) is 55.2 Å². The minimum Gasteiger partial charge on any atom is -0.389 e. The largest absolute Gasteiger partial charge is 0.389 e. The summed E-state index contributed by atoms with van der Waals surface area (Å²) in [5.41, 5.74) is 2.94. The predicted octanol–water partition coefficient (Wildman–Crippen LogP) is 1.53. The van der Waals surface area contributed by atoms with Crippen LogP contribution >= 0.6 is 11.3 Å². The number of methoxy groups -OCH3 is 1. The molecule has 0 radical (unpaired) electrons. The minimum atomic E-state index is -0.450. The summed E-state index contributed by atoms with van der Waals surface area (Å²) in [5.74, 6) is 0. The number of nitrogens with zero attached hydrogens (tertiary/aromatic N) is 1. The molecule has 3 atom stereocenters. The van der Waals surface area contributed by atoms with Crippen molar-refractivity contribution in [2.24, 2.45) is 0 Å². The summed E-state index contributed by atoms with van der Waals surface area (Å²) < 4.78 is 10.9. The normalized spacial score (nSPS) is 23.6. The molecule has 0 aromatic carbocycles. The molecule has 0 amide bonds. The molecule has 0 aliphatic heterocycles. The first kappa shape index (κ1) is 16.8. The first-order chi connectivity index (χ1) is 10.2. The number of aromatic nitrogens is 1. The van der Waals surface area contributed by atoms with Crippen molar-refractivity contribution in [1.82, 2.24) is 10.3 Å². The van der Waals surface area contributed by atoms with Crippen LogP contribution < -0.4 is 5.32 Å². The first-order valence-corrected chi connectivity index (χ1v) is 8.48. The maximum absolute atomic E-state index is 9.92. The average molecular weight is 314 g/mol. The fourth-order valence-electron chi connectivity index (χ4n) is 2.65. The van der Waals surface area contributed by atoms with Gasteiger partial charge in [0.15, 0.2) is 0 Å². The van der Waals surface area contributed by atoms with Crippen molar-refractivity contribution in [1.29, 1.82) is 0 Å². The van der Waals surface area contributed by atoms with Crippen LogP contribution in [0.25, 0.3) is 0 Å². The zero-order valence-corrected chi connectivity index (χ0v) is 13.7. The van der Waals surface area contributed by atoms with Crippen LogP contribution in [0.15, 0.2) is 5.51 Å². The lowest BCUT2D eigenvalue weighted by Crippen LogP contribution is -2.36. The topological polar surface area (TPSA) is 63.6 Å². The smallest absolute Gasteiger partial charge is 0.0897 e. The quantitative estimate of drug-likeness (QED) is 0.677. The Labute approximate surface area is 130 Å². The Morgan fingerprint density at radius 2 is 2.38 bits per heavy atom. The van der Waals surface area contributed by atoms with Crippen LogP contribution in [0.5, 0.6) is 0 Å². The maximum Gasteiger partial charge on any atom is 0.0897 e. The summed E-state index contributed by atoms with van der Waals surface area (Å²) in [6.45, 7) is 3.61. The lowest BCUT2D eigenvalue weighted by atomic mass is 10.2. The van der Waals surface area contributed by atoms with Crippen molar-refractivity contribution in [3.8, 4) is 0 Å². The van der Waals surface area contributed by atoms with E-state index in [1.54, 1.807) is 18.4 Å². The fourth-order valence-corrected chi connectivity index (χ4v) is 3.41. The number of aryl methyl sites for hydroxylation is 1. The molecule has 1 aliphatic rings. The Kier molecular flexibility index (Phi) is 7.06. The number of hydrogen-bond donors (Lipinski definition) is 2. The van der Waals surface area contributed by atoms with Crippen molar-refractivity contribution in [3.63, 3.8) is 0 Å². The summed E-state index contributed by atoms with van der Waals surface area (Å²) in [5, 5.41) is 13.3. The van der Waals surface area contributed by atoms with E-state index in [1.807, 2.05) is 12.4 Å². The molecule has 1 saturated carbocycles. The van der Waals surface area contributed by atoms with E-state index in [0.29, 0.717) is 31.9 Å². The van der Waals surface area contributed by atoms with Gasteiger partial charge in [-0.25, -0.2) is 4.98 Å². The lowest BCUT2D eigenvalue weighted by Gasteiger charge is -2.16. The molecule has 120 valence electrons. The lowest BCUT2D eigenvalue weighted by molar-refractivity contribution is 0.0367. The molecular weight excluding hydrogens is 288 g/mol. The van der Waals surface area contributed by atoms with Gasteiger partial charge in [-0.1, -0.05) is 0 Å². The van der Waals surface area contributed by atoms with Crippen molar-refractivity contribution >= 4 is 11.3 Å². The zero-order valence-electron chi connectivity index (χ0n) is 12.9. The molecule has 1 aromatic heterocycles. The van der Waals surface area contributed by atoms with Gasteiger partial charge < -0.3 is 19.9 Å². The second-order valence-corrected chi connectivity index (χ2v) is 6.55. The molecule has 2 N–H and O–H groups in total. The monoisotopic (exact) mass is 314 g/mol. The summed E-state index contributed by atoms with van der Waals surface area (Å²) in [6, 6.07) is 0.462. The highest BCUT2D eigenvalue weighted by Gasteiger charge is 2.24. The third-order valence-electron chi connectivity index (χ3n) is 3.99. The van der Waals surface area contributed by atoms with E-state index in [1.165, 1.54) is 4.88 Å². The molecule has 1 fully saturated rings. The highest BCUT2D eigenvalue weighted by molar-refractivity contribution is 7.09. The Hall–Kier alpha value is -0.530. The summed E-state index contributed by atoms with van der Waals surface area (Å²) in [4.78, 5) is 5.47. The molecule has 0 saturated heterocycles. The van der Waals surface area contributed by atoms with E-state index in [-0.39, 0.29) is 0 Å². The molecule has 2 rings (SSSR count). The molecule has 21 heavy (non-hydrogen) atoms. The molecular formula is C15H26N2O3S. The van der Waals surface area contributed by atoms with Crippen LogP contribution in [0.1, 0.15) is 29.8 Å². The number of nitrogens with one attached hydrogen (secondary N) is 1. The number of hydrogen-bond acceptors (Lipinski definition) is 6. The number of ether oxygens (including phenoxy) is 2. The second-order valence-electron chi connectivity index (χ2n) is 5.62. The van der Waals surface area contributed by atoms with Gasteiger partial charge in [-0.2, -0.15) is 0 Å². The Morgan fingerprint density at radius 3 is 3.05 bits per heavy atom. The third-order valence-corrected chi connectivity index (χ3v) is 4.98. The molecule has 1 heterocycles. The molecule has 0 spiro atoms. The Balaban J connectivity index is 1.52. The molecule has 1 aliphatic carbocycles. The van der Waals surface area contributed by atoms with Crippen LogP contribution in [-0.2, 0) is 15.9 Å². The highest BCUT2D eigenvalue weighted by atomic mass is 32.1. The predicted molar refractivity (Wildman–Crippen MR) is 83.8 cm³/mol. The van der Waals surface area contributed by atoms with E-state index in [2.05, 4.69) is 10.3 Å². The van der Waals surface area contributed by atoms with E-state index in [0.717, 1.165) is 31.4 Å². The summed E-state index contributed by atoms with van der Waals surface area (Å²) in [7, 11) is 1.76. The van der Waals surface area contributed by atoms with E-state index in [9.17, 15) is 5.11 Å². The van der Waals surface area contributed by atoms with Crippen molar-refractivity contribution in [3.05, 3.63) is 16.1 Å². The van der Waals surface area contributed by atoms with E-state index >= 15 is 0 Å². The van der Waals surface area contributed by atoms with Gasteiger partial charge in [0.25, 0.3) is 0 Å². The SMILES string of the molecule is COC1CCC(NCC(O)COCCc2scnc2C)C1. The maximum atomic E-state index is 9.92. The van der Waals surface area contributed by atoms with Gasteiger partial charge in [0.1, 0.15) is 0 Å². The first-order valence-electron chi connectivity index (χ1n) is 7.60. The third kappa shape index (κ3) is 5.64. The molecule has 0 bridgehead atoms. The van der Waals surface area contributed by atoms with Gasteiger partial charge in [-0.15, -0.1) is 11.3 Å². The van der Waals surface area contributed by atoms with Crippen molar-refractivity contribution in [2.45, 2.75) is 50.9 Å². The second kappa shape index (κ2) is 8.80. The molecule has 1 aromatic rings. The zero-order chi connectivity index (χ0) is 15.1. The van der Waals surface area contributed by atoms with Crippen LogP contribution in [0.3, 0.4) is 0 Å². The van der Waals surface area contributed by atoms with Crippen molar-refractivity contribution in [2.75, 3.05) is 26.9 Å². The van der Waals surface area contributed by atoms with Crippen molar-refractivity contribution < 1.29 is 14.6 Å². The molecule has 5 nitrogen and oxygen atoms in total. The minimum absolute atomic E-state index is 0.374. The number of aliphatic hydroxyl groups is 1. The van der Waals surface area contributed by atoms with Gasteiger partial charge in [0.2, 0.25) is 0 Å². The molecule has 3 unspecified atom stereocenters. The standard InChI is InChI=1S/C15H26N2O3S/c1-11-15(21-10-17-11)5-6-20-9-13(18)8-16-12-3-4-14(7-12)19-2/h10,12-14,16,18H,3-9H2,1-2H3. The molecule has 6 heteroatoms. The average Bonchev–Trinajstić information content (AvgIpc) is 3.10. The van der Waals surface area contributed by atoms with Gasteiger partial charge in [-0.3, -0.25) is 0 Å². The van der Waals surface area contributed by atoms with Crippen LogP contribution in [0, 0.1) is 6.92 Å². The van der Waals surface area contributed by atoms with Gasteiger partial charge in [-0.05, 0) is 26.2 Å². The van der Waals surface area contributed by atoms with E-state index in [4.69, 9.17) is 9.47 Å². The van der Waals surface area contributed by atoms with Gasteiger partial charge in [0, 0.05) is 31.0 Å². The van der Waals surface area contributed by atoms with Gasteiger partial charge in [0.05, 0.1) is 36.6 Å². The number of thiazole rings is 1. The number of rotatable bonds is 9. The fraction of sp³-hybridized carbons (Fsp3) is 0.800. The van der Waals surface area contributed by atoms with Gasteiger partial charge >= 0.3 is 0 Å². The van der Waals surface area contributed by atoms with E-state index < -0.39 is 6.10 Å². The van der Waals surface area contributed by atoms with Crippen LogP contribution in [0.4, 0.5) is 0 Å².